The third-order valence-corrected chi connectivity index (χ3v) is 5.93. The minimum absolute atomic E-state index is 0.0754. The van der Waals surface area contributed by atoms with Gasteiger partial charge in [0, 0.05) is 10.8 Å². The lowest BCUT2D eigenvalue weighted by atomic mass is 9.86. The summed E-state index contributed by atoms with van der Waals surface area (Å²) in [6.07, 6.45) is 6.68. The molecule has 0 saturated carbocycles. The smallest absolute Gasteiger partial charge is 0.178 e. The highest BCUT2D eigenvalue weighted by Gasteiger charge is 2.26. The standard InChI is InChI=1S/C34H38N2O6/c1-33(2,3)31(37)25(21-35)17-23-11-13-27(29(19-23)39-7)41-15-9-10-16-42-28-14-12-24(20-30(28)40-8)18-26(22-36)32(38)34(4,5)6/h9-14,17-20H,15-16H2,1-8H3. The fourth-order valence-corrected chi connectivity index (χ4v) is 3.64. The van der Waals surface area contributed by atoms with Gasteiger partial charge >= 0.3 is 0 Å². The normalized spacial score (nSPS) is 12.3. The number of nitrogens with zero attached hydrogens (tertiary/aromatic N) is 2. The van der Waals surface area contributed by atoms with E-state index in [-0.39, 0.29) is 35.9 Å². The summed E-state index contributed by atoms with van der Waals surface area (Å²) >= 11 is 0. The van der Waals surface area contributed by atoms with Crippen molar-refractivity contribution in [2.45, 2.75) is 41.5 Å². The third kappa shape index (κ3) is 9.38. The van der Waals surface area contributed by atoms with Crippen LogP contribution in [0.4, 0.5) is 0 Å². The van der Waals surface area contributed by atoms with Crippen molar-refractivity contribution in [1.82, 2.24) is 0 Å². The zero-order valence-corrected chi connectivity index (χ0v) is 25.5. The highest BCUT2D eigenvalue weighted by atomic mass is 16.5. The molecule has 0 atom stereocenters. The third-order valence-electron chi connectivity index (χ3n) is 5.93. The molecule has 0 radical (unpaired) electrons. The lowest BCUT2D eigenvalue weighted by molar-refractivity contribution is -0.122. The molecule has 0 unspecified atom stereocenters. The number of Topliss-reactive ketones (excluding diaryl/α,β-unsaturated/α-hetero) is 2. The van der Waals surface area contributed by atoms with E-state index in [1.807, 2.05) is 12.1 Å². The maximum Gasteiger partial charge on any atom is 0.178 e. The summed E-state index contributed by atoms with van der Waals surface area (Å²) in [6, 6.07) is 14.3. The molecular formula is C34H38N2O6. The summed E-state index contributed by atoms with van der Waals surface area (Å²) in [5, 5.41) is 18.9. The van der Waals surface area contributed by atoms with Crippen LogP contribution in [0.15, 0.2) is 59.7 Å². The molecule has 0 aliphatic carbocycles. The van der Waals surface area contributed by atoms with Gasteiger partial charge < -0.3 is 18.9 Å². The predicted octanol–water partition coefficient (Wildman–Crippen LogP) is 6.76. The van der Waals surface area contributed by atoms with Crippen LogP contribution in [0.2, 0.25) is 0 Å². The van der Waals surface area contributed by atoms with Crippen molar-refractivity contribution in [2.75, 3.05) is 27.4 Å². The quantitative estimate of drug-likeness (QED) is 0.156. The minimum Gasteiger partial charge on any atom is -0.493 e. The summed E-state index contributed by atoms with van der Waals surface area (Å²) in [7, 11) is 3.03. The van der Waals surface area contributed by atoms with Gasteiger partial charge in [-0.1, -0.05) is 53.7 Å². The van der Waals surface area contributed by atoms with Crippen molar-refractivity contribution in [1.29, 1.82) is 10.5 Å². The van der Waals surface area contributed by atoms with E-state index >= 15 is 0 Å². The maximum absolute atomic E-state index is 12.5. The van der Waals surface area contributed by atoms with Gasteiger partial charge in [-0.15, -0.1) is 0 Å². The minimum atomic E-state index is -0.660. The zero-order chi connectivity index (χ0) is 31.5. The van der Waals surface area contributed by atoms with Crippen molar-refractivity contribution in [2.24, 2.45) is 10.8 Å². The molecule has 0 aliphatic heterocycles. The molecule has 2 aromatic carbocycles. The van der Waals surface area contributed by atoms with E-state index in [0.29, 0.717) is 34.1 Å². The summed E-state index contributed by atoms with van der Waals surface area (Å²) in [5.41, 5.74) is 0.131. The summed E-state index contributed by atoms with van der Waals surface area (Å²) in [6.45, 7) is 11.1. The van der Waals surface area contributed by atoms with Crippen LogP contribution in [-0.4, -0.2) is 39.0 Å². The first kappa shape index (κ1) is 33.4. The first-order chi connectivity index (χ1) is 19.7. The molecule has 0 N–H and O–H groups in total. The average molecular weight is 571 g/mol. The Hall–Kier alpha value is -4.82. The SMILES string of the molecule is COc1cc(C=C(C#N)C(=O)C(C)(C)C)ccc1OCC=CCOc1ccc(C=C(C#N)C(=O)C(C)(C)C)cc1OC. The van der Waals surface area contributed by atoms with Crippen LogP contribution in [0, 0.1) is 33.5 Å². The van der Waals surface area contributed by atoms with Crippen LogP contribution in [-0.2, 0) is 9.59 Å². The molecule has 0 fully saturated rings. The lowest BCUT2D eigenvalue weighted by Gasteiger charge is -2.15. The molecule has 220 valence electrons. The van der Waals surface area contributed by atoms with E-state index in [1.165, 1.54) is 14.2 Å². The molecule has 0 aromatic heterocycles. The van der Waals surface area contributed by atoms with Gasteiger partial charge in [0.2, 0.25) is 0 Å². The van der Waals surface area contributed by atoms with Gasteiger partial charge in [-0.3, -0.25) is 9.59 Å². The second-order valence-electron chi connectivity index (χ2n) is 11.4. The van der Waals surface area contributed by atoms with E-state index in [2.05, 4.69) is 0 Å². The fraction of sp³-hybridized carbons (Fsp3) is 0.353. The zero-order valence-electron chi connectivity index (χ0n) is 25.5. The molecule has 2 aromatic rings. The number of benzene rings is 2. The molecule has 0 amide bonds. The molecule has 0 spiro atoms. The van der Waals surface area contributed by atoms with Gasteiger partial charge in [0.1, 0.15) is 25.4 Å². The van der Waals surface area contributed by atoms with Crippen LogP contribution in [0.3, 0.4) is 0 Å². The number of hydrogen-bond donors (Lipinski definition) is 0. The van der Waals surface area contributed by atoms with Crippen LogP contribution < -0.4 is 18.9 Å². The number of carbonyl (C=O) groups excluding carboxylic acids is 2. The van der Waals surface area contributed by atoms with Crippen LogP contribution >= 0.6 is 0 Å². The van der Waals surface area contributed by atoms with Crippen molar-refractivity contribution < 1.29 is 28.5 Å². The summed E-state index contributed by atoms with van der Waals surface area (Å²) < 4.78 is 22.5. The molecule has 8 nitrogen and oxygen atoms in total. The van der Waals surface area contributed by atoms with E-state index in [0.717, 1.165) is 0 Å². The van der Waals surface area contributed by atoms with Gasteiger partial charge in [0.15, 0.2) is 34.6 Å². The molecular weight excluding hydrogens is 532 g/mol. The summed E-state index contributed by atoms with van der Waals surface area (Å²) in [5.74, 6) is 1.49. The first-order valence-electron chi connectivity index (χ1n) is 13.3. The van der Waals surface area contributed by atoms with Gasteiger partial charge in [0.05, 0.1) is 25.4 Å². The number of ether oxygens (including phenoxy) is 4. The topological polar surface area (TPSA) is 119 Å². The second-order valence-corrected chi connectivity index (χ2v) is 11.4. The highest BCUT2D eigenvalue weighted by molar-refractivity contribution is 6.06. The highest BCUT2D eigenvalue weighted by Crippen LogP contribution is 2.31. The molecule has 42 heavy (non-hydrogen) atoms. The Labute approximate surface area is 248 Å². The Balaban J connectivity index is 2.03. The Morgan fingerprint density at radius 3 is 1.31 bits per heavy atom. The molecule has 0 saturated heterocycles. The largest absolute Gasteiger partial charge is 0.493 e. The number of methoxy groups -OCH3 is 2. The first-order valence-corrected chi connectivity index (χ1v) is 13.3. The molecule has 0 bridgehead atoms. The van der Waals surface area contributed by atoms with Crippen LogP contribution in [0.5, 0.6) is 23.0 Å². The van der Waals surface area contributed by atoms with Crippen molar-refractivity contribution in [3.05, 3.63) is 70.8 Å². The lowest BCUT2D eigenvalue weighted by Crippen LogP contribution is -2.21. The van der Waals surface area contributed by atoms with Gasteiger partial charge in [-0.05, 0) is 59.7 Å². The van der Waals surface area contributed by atoms with Crippen molar-refractivity contribution >= 4 is 23.7 Å². The number of hydrogen-bond acceptors (Lipinski definition) is 8. The van der Waals surface area contributed by atoms with E-state index in [1.54, 1.807) is 102 Å². The second kappa shape index (κ2) is 14.7. The molecule has 2 rings (SSSR count). The van der Waals surface area contributed by atoms with E-state index in [9.17, 15) is 20.1 Å². The number of ketones is 2. The summed E-state index contributed by atoms with van der Waals surface area (Å²) in [4.78, 5) is 25.0. The maximum atomic E-state index is 12.5. The Morgan fingerprint density at radius 2 is 1.02 bits per heavy atom. The van der Waals surface area contributed by atoms with Gasteiger partial charge in [0.25, 0.3) is 0 Å². The predicted molar refractivity (Wildman–Crippen MR) is 162 cm³/mol. The molecule has 8 heteroatoms. The monoisotopic (exact) mass is 570 g/mol. The Kier molecular flexibility index (Phi) is 11.7. The number of carbonyl (C=O) groups is 2. The number of allylic oxidation sites excluding steroid dienone is 2. The van der Waals surface area contributed by atoms with E-state index in [4.69, 9.17) is 18.9 Å². The molecule has 0 heterocycles. The van der Waals surface area contributed by atoms with Gasteiger partial charge in [-0.2, -0.15) is 10.5 Å². The van der Waals surface area contributed by atoms with Crippen molar-refractivity contribution in [3.63, 3.8) is 0 Å². The van der Waals surface area contributed by atoms with E-state index < -0.39 is 10.8 Å². The fourth-order valence-electron chi connectivity index (χ4n) is 3.64. The van der Waals surface area contributed by atoms with Crippen LogP contribution in [0.25, 0.3) is 12.2 Å². The Bertz CT molecular complexity index is 1360. The molecule has 0 aliphatic rings. The Morgan fingerprint density at radius 1 is 0.667 bits per heavy atom. The number of nitriles is 2. The van der Waals surface area contributed by atoms with Crippen LogP contribution in [0.1, 0.15) is 52.7 Å². The average Bonchev–Trinajstić information content (AvgIpc) is 2.95. The van der Waals surface area contributed by atoms with Gasteiger partial charge in [-0.25, -0.2) is 0 Å². The van der Waals surface area contributed by atoms with Crippen molar-refractivity contribution in [3.8, 4) is 35.1 Å². The number of rotatable bonds is 12.